The highest BCUT2D eigenvalue weighted by atomic mass is 32.2. The summed E-state index contributed by atoms with van der Waals surface area (Å²) in [6, 6.07) is 5.51. The van der Waals surface area contributed by atoms with Crippen molar-refractivity contribution in [1.82, 2.24) is 9.21 Å². The molecule has 1 aromatic rings. The molecule has 2 saturated heterocycles. The third kappa shape index (κ3) is 3.42. The second kappa shape index (κ2) is 6.01. The summed E-state index contributed by atoms with van der Waals surface area (Å²) in [6.45, 7) is 0.854. The fourth-order valence-electron chi connectivity index (χ4n) is 2.88. The van der Waals surface area contributed by atoms with E-state index in [-0.39, 0.29) is 56.0 Å². The molecule has 0 bridgehead atoms. The number of hydrogen-bond donors (Lipinski definition) is 0. The molecule has 2 fully saturated rings. The van der Waals surface area contributed by atoms with Crippen LogP contribution in [0.25, 0.3) is 0 Å². The maximum atomic E-state index is 13.1. The Morgan fingerprint density at radius 3 is 2.39 bits per heavy atom. The van der Waals surface area contributed by atoms with E-state index >= 15 is 0 Å². The summed E-state index contributed by atoms with van der Waals surface area (Å²) in [7, 11) is -3.51. The maximum Gasteiger partial charge on any atom is 0.229 e. The van der Waals surface area contributed by atoms with E-state index in [1.54, 1.807) is 6.07 Å². The van der Waals surface area contributed by atoms with Crippen LogP contribution in [0.15, 0.2) is 24.3 Å². The Bertz CT molecular complexity index is 728. The molecule has 0 radical (unpaired) electrons. The number of imide groups is 1. The van der Waals surface area contributed by atoms with E-state index in [1.165, 1.54) is 27.4 Å². The normalized spacial score (nSPS) is 20.1. The molecule has 2 aliphatic heterocycles. The Balaban J connectivity index is 1.56. The van der Waals surface area contributed by atoms with Crippen LogP contribution >= 0.6 is 0 Å². The van der Waals surface area contributed by atoms with E-state index in [2.05, 4.69) is 0 Å². The van der Waals surface area contributed by atoms with Gasteiger partial charge in [-0.15, -0.1) is 0 Å². The number of hydrogen-bond acceptors (Lipinski definition) is 4. The van der Waals surface area contributed by atoms with Crippen molar-refractivity contribution >= 4 is 21.8 Å². The second-order valence-corrected chi connectivity index (χ2v) is 7.94. The molecule has 2 heterocycles. The SMILES string of the molecule is O=C1CCC(=O)N1CC1CN(S(=O)(=O)Cc2cccc(F)c2)C1. The largest absolute Gasteiger partial charge is 0.282 e. The monoisotopic (exact) mass is 340 g/mol. The first kappa shape index (κ1) is 16.1. The Kier molecular flexibility index (Phi) is 4.20. The highest BCUT2D eigenvalue weighted by Crippen LogP contribution is 2.25. The number of benzene rings is 1. The van der Waals surface area contributed by atoms with Gasteiger partial charge in [0.05, 0.1) is 5.75 Å². The molecule has 0 aliphatic carbocycles. The van der Waals surface area contributed by atoms with Crippen LogP contribution in [0.4, 0.5) is 4.39 Å². The lowest BCUT2D eigenvalue weighted by Gasteiger charge is -2.39. The third-order valence-electron chi connectivity index (χ3n) is 4.15. The number of rotatable bonds is 5. The molecule has 0 saturated carbocycles. The predicted molar refractivity (Wildman–Crippen MR) is 80.0 cm³/mol. The molecule has 0 atom stereocenters. The molecule has 0 spiro atoms. The van der Waals surface area contributed by atoms with Crippen molar-refractivity contribution in [2.24, 2.45) is 5.92 Å². The zero-order valence-corrected chi connectivity index (χ0v) is 13.3. The molecule has 8 heteroatoms. The average molecular weight is 340 g/mol. The number of likely N-dealkylation sites (tertiary alicyclic amines) is 1. The first-order valence-electron chi connectivity index (χ1n) is 7.40. The molecule has 2 aliphatic rings. The molecular weight excluding hydrogens is 323 g/mol. The van der Waals surface area contributed by atoms with E-state index < -0.39 is 15.8 Å². The Hall–Kier alpha value is -1.80. The van der Waals surface area contributed by atoms with Gasteiger partial charge in [-0.3, -0.25) is 14.5 Å². The fourth-order valence-corrected chi connectivity index (χ4v) is 4.54. The van der Waals surface area contributed by atoms with Gasteiger partial charge in [0.15, 0.2) is 0 Å². The molecule has 6 nitrogen and oxygen atoms in total. The second-order valence-electron chi connectivity index (χ2n) is 5.97. The molecule has 1 aromatic carbocycles. The van der Waals surface area contributed by atoms with Gasteiger partial charge in [0, 0.05) is 38.4 Å². The lowest BCUT2D eigenvalue weighted by molar-refractivity contribution is -0.139. The summed E-state index contributed by atoms with van der Waals surface area (Å²) < 4.78 is 39.0. The van der Waals surface area contributed by atoms with Crippen LogP contribution in [0.3, 0.4) is 0 Å². The maximum absolute atomic E-state index is 13.1. The van der Waals surface area contributed by atoms with Gasteiger partial charge < -0.3 is 0 Å². The highest BCUT2D eigenvalue weighted by Gasteiger charge is 2.39. The minimum absolute atomic E-state index is 0.0247. The van der Waals surface area contributed by atoms with Crippen molar-refractivity contribution in [3.05, 3.63) is 35.6 Å². The summed E-state index contributed by atoms with van der Waals surface area (Å²) >= 11 is 0. The van der Waals surface area contributed by atoms with Gasteiger partial charge in [0.25, 0.3) is 0 Å². The number of carbonyl (C=O) groups is 2. The average Bonchev–Trinajstić information content (AvgIpc) is 2.72. The molecule has 124 valence electrons. The standard InChI is InChI=1S/C15H17FN2O4S/c16-13-3-1-2-11(6-13)10-23(21,22)17-7-12(8-17)9-18-14(19)4-5-15(18)20/h1-3,6,12H,4-5,7-10H2. The van der Waals surface area contributed by atoms with Crippen molar-refractivity contribution < 1.29 is 22.4 Å². The van der Waals surface area contributed by atoms with Crippen molar-refractivity contribution in [3.8, 4) is 0 Å². The summed E-state index contributed by atoms with van der Waals surface area (Å²) in [4.78, 5) is 24.3. The first-order chi connectivity index (χ1) is 10.8. The smallest absolute Gasteiger partial charge is 0.229 e. The van der Waals surface area contributed by atoms with E-state index in [0.717, 1.165) is 0 Å². The number of carbonyl (C=O) groups excluding carboxylic acids is 2. The fraction of sp³-hybridized carbons (Fsp3) is 0.467. The quantitative estimate of drug-likeness (QED) is 0.741. The molecule has 0 aromatic heterocycles. The molecule has 0 unspecified atom stereocenters. The van der Waals surface area contributed by atoms with Crippen molar-refractivity contribution in [2.45, 2.75) is 18.6 Å². The zero-order valence-electron chi connectivity index (χ0n) is 12.4. The van der Waals surface area contributed by atoms with Crippen molar-refractivity contribution in [3.63, 3.8) is 0 Å². The Labute approximate surface area is 133 Å². The van der Waals surface area contributed by atoms with Gasteiger partial charge in [-0.2, -0.15) is 0 Å². The van der Waals surface area contributed by atoms with Crippen LogP contribution in [0.1, 0.15) is 18.4 Å². The van der Waals surface area contributed by atoms with Gasteiger partial charge in [-0.05, 0) is 17.7 Å². The van der Waals surface area contributed by atoms with Crippen LogP contribution in [0, 0.1) is 11.7 Å². The van der Waals surface area contributed by atoms with E-state index in [1.807, 2.05) is 0 Å². The minimum atomic E-state index is -3.51. The van der Waals surface area contributed by atoms with Crippen molar-refractivity contribution in [2.75, 3.05) is 19.6 Å². The van der Waals surface area contributed by atoms with Crippen LogP contribution in [-0.2, 0) is 25.4 Å². The number of sulfonamides is 1. The minimum Gasteiger partial charge on any atom is -0.282 e. The van der Waals surface area contributed by atoms with E-state index in [9.17, 15) is 22.4 Å². The zero-order chi connectivity index (χ0) is 16.6. The van der Waals surface area contributed by atoms with Crippen LogP contribution in [0.2, 0.25) is 0 Å². The number of amides is 2. The summed E-state index contributed by atoms with van der Waals surface area (Å²) in [5, 5.41) is 0. The molecule has 3 rings (SSSR count). The topological polar surface area (TPSA) is 74.8 Å². The van der Waals surface area contributed by atoms with Crippen LogP contribution in [0.5, 0.6) is 0 Å². The lowest BCUT2D eigenvalue weighted by atomic mass is 10.0. The summed E-state index contributed by atoms with van der Waals surface area (Å²) in [6.07, 6.45) is 0.486. The molecule has 2 amide bonds. The number of halogens is 1. The third-order valence-corrected chi connectivity index (χ3v) is 5.93. The predicted octanol–water partition coefficient (Wildman–Crippen LogP) is 0.736. The summed E-state index contributed by atoms with van der Waals surface area (Å²) in [5.74, 6) is -1.11. The van der Waals surface area contributed by atoms with Crippen LogP contribution < -0.4 is 0 Å². The molecule has 23 heavy (non-hydrogen) atoms. The van der Waals surface area contributed by atoms with Crippen LogP contribution in [-0.4, -0.2) is 49.1 Å². The van der Waals surface area contributed by atoms with Gasteiger partial charge in [-0.1, -0.05) is 12.1 Å². The van der Waals surface area contributed by atoms with Gasteiger partial charge >= 0.3 is 0 Å². The lowest BCUT2D eigenvalue weighted by Crippen LogP contribution is -2.54. The van der Waals surface area contributed by atoms with Gasteiger partial charge in [-0.25, -0.2) is 17.1 Å². The van der Waals surface area contributed by atoms with Crippen molar-refractivity contribution in [1.29, 1.82) is 0 Å². The number of nitrogens with zero attached hydrogens (tertiary/aromatic N) is 2. The molecule has 0 N–H and O–H groups in total. The Morgan fingerprint density at radius 1 is 1.13 bits per heavy atom. The van der Waals surface area contributed by atoms with Gasteiger partial charge in [0.1, 0.15) is 5.82 Å². The van der Waals surface area contributed by atoms with E-state index in [4.69, 9.17) is 0 Å². The first-order valence-corrected chi connectivity index (χ1v) is 9.01. The summed E-state index contributed by atoms with van der Waals surface area (Å²) in [5.41, 5.74) is 0.401. The van der Waals surface area contributed by atoms with Gasteiger partial charge in [0.2, 0.25) is 21.8 Å². The Morgan fingerprint density at radius 2 is 1.78 bits per heavy atom. The molecular formula is C15H17FN2O4S. The highest BCUT2D eigenvalue weighted by molar-refractivity contribution is 7.88. The van der Waals surface area contributed by atoms with E-state index in [0.29, 0.717) is 5.56 Å².